The van der Waals surface area contributed by atoms with Gasteiger partial charge in [-0.2, -0.15) is 0 Å². The molecule has 2 aliphatic carbocycles. The van der Waals surface area contributed by atoms with Crippen LogP contribution in [0, 0.1) is 5.92 Å². The summed E-state index contributed by atoms with van der Waals surface area (Å²) in [5.41, 5.74) is 4.18. The number of nitrogens with zero attached hydrogens (tertiary/aromatic N) is 1. The Morgan fingerprint density at radius 1 is 1.11 bits per heavy atom. The quantitative estimate of drug-likeness (QED) is 0.650. The number of hydrogen-bond acceptors (Lipinski definition) is 2. The van der Waals surface area contributed by atoms with Crippen molar-refractivity contribution in [1.82, 2.24) is 4.90 Å². The smallest absolute Gasteiger partial charge is 0.178 e. The molecule has 4 aliphatic rings. The molecule has 0 unspecified atom stereocenters. The minimum atomic E-state index is 0.164. The molecule has 0 N–H and O–H groups in total. The topological polar surface area (TPSA) is 20.3 Å². The number of allylic oxidation sites excluding steroid dienone is 5. The third kappa shape index (κ3) is 1.44. The van der Waals surface area contributed by atoms with Crippen LogP contribution in [0.4, 0.5) is 0 Å². The Hall–Kier alpha value is -1.31. The fraction of sp³-hybridized carbons (Fsp3) is 0.562. The summed E-state index contributed by atoms with van der Waals surface area (Å²) < 4.78 is 0. The zero-order valence-electron chi connectivity index (χ0n) is 10.7. The standard InChI is InChI=1S/C16H19NO/c18-13-5-6-14-12(10-13)8-9-17-15-3-1-2-11(15)4-7-16(14)17/h5-6,10-11,15H,1-4,7-9H2/t11-,15-/m1/s1. The van der Waals surface area contributed by atoms with Gasteiger partial charge in [0.15, 0.2) is 5.78 Å². The predicted molar refractivity (Wildman–Crippen MR) is 70.9 cm³/mol. The lowest BCUT2D eigenvalue weighted by Crippen LogP contribution is -2.44. The Morgan fingerprint density at radius 2 is 2.06 bits per heavy atom. The Morgan fingerprint density at radius 3 is 3.00 bits per heavy atom. The molecular formula is C16H19NO. The predicted octanol–water partition coefficient (Wildman–Crippen LogP) is 2.97. The molecule has 0 amide bonds. The molecule has 18 heavy (non-hydrogen) atoms. The van der Waals surface area contributed by atoms with E-state index in [1.54, 1.807) is 6.08 Å². The maximum absolute atomic E-state index is 11.5. The second-order valence-corrected chi connectivity index (χ2v) is 6.01. The van der Waals surface area contributed by atoms with Crippen LogP contribution in [0.3, 0.4) is 0 Å². The molecule has 0 spiro atoms. The number of hydrogen-bond donors (Lipinski definition) is 0. The van der Waals surface area contributed by atoms with Gasteiger partial charge < -0.3 is 4.90 Å². The van der Waals surface area contributed by atoms with Gasteiger partial charge in [-0.15, -0.1) is 0 Å². The first-order valence-corrected chi connectivity index (χ1v) is 7.26. The molecule has 2 aliphatic heterocycles. The maximum atomic E-state index is 11.5. The van der Waals surface area contributed by atoms with E-state index in [0.717, 1.165) is 24.9 Å². The van der Waals surface area contributed by atoms with Crippen LogP contribution in [0.25, 0.3) is 0 Å². The van der Waals surface area contributed by atoms with Crippen LogP contribution in [-0.2, 0) is 4.79 Å². The van der Waals surface area contributed by atoms with Gasteiger partial charge in [-0.1, -0.05) is 6.42 Å². The Labute approximate surface area is 108 Å². The van der Waals surface area contributed by atoms with Crippen molar-refractivity contribution in [3.8, 4) is 0 Å². The van der Waals surface area contributed by atoms with E-state index in [1.165, 1.54) is 48.9 Å². The van der Waals surface area contributed by atoms with Crippen molar-refractivity contribution >= 4 is 5.78 Å². The van der Waals surface area contributed by atoms with Gasteiger partial charge in [0.25, 0.3) is 0 Å². The average Bonchev–Trinajstić information content (AvgIpc) is 2.86. The zero-order chi connectivity index (χ0) is 12.1. The van der Waals surface area contributed by atoms with Crippen LogP contribution in [-0.4, -0.2) is 23.3 Å². The van der Waals surface area contributed by atoms with E-state index in [0.29, 0.717) is 0 Å². The summed E-state index contributed by atoms with van der Waals surface area (Å²) in [6.45, 7) is 1.13. The number of fused-ring (bicyclic) bond motifs is 4. The van der Waals surface area contributed by atoms with E-state index in [2.05, 4.69) is 11.0 Å². The minimum Gasteiger partial charge on any atom is -0.371 e. The van der Waals surface area contributed by atoms with E-state index >= 15 is 0 Å². The molecule has 2 atom stereocenters. The van der Waals surface area contributed by atoms with Crippen molar-refractivity contribution < 1.29 is 4.79 Å². The number of piperidine rings is 1. The van der Waals surface area contributed by atoms with E-state index in [-0.39, 0.29) is 5.78 Å². The minimum absolute atomic E-state index is 0.164. The zero-order valence-corrected chi connectivity index (χ0v) is 10.7. The van der Waals surface area contributed by atoms with Crippen molar-refractivity contribution in [1.29, 1.82) is 0 Å². The normalized spacial score (nSPS) is 34.1. The van der Waals surface area contributed by atoms with Gasteiger partial charge >= 0.3 is 0 Å². The largest absolute Gasteiger partial charge is 0.371 e. The Balaban J connectivity index is 1.76. The van der Waals surface area contributed by atoms with Gasteiger partial charge in [-0.25, -0.2) is 0 Å². The molecule has 1 saturated carbocycles. The number of carbonyl (C=O) groups is 1. The molecule has 0 aromatic heterocycles. The lowest BCUT2D eigenvalue weighted by atomic mass is 9.82. The Bertz CT molecular complexity index is 497. The molecular weight excluding hydrogens is 222 g/mol. The summed E-state index contributed by atoms with van der Waals surface area (Å²) in [7, 11) is 0. The average molecular weight is 241 g/mol. The molecule has 2 heterocycles. The highest BCUT2D eigenvalue weighted by Crippen LogP contribution is 2.45. The van der Waals surface area contributed by atoms with Gasteiger partial charge in [0.1, 0.15) is 0 Å². The van der Waals surface area contributed by atoms with E-state index in [4.69, 9.17) is 0 Å². The van der Waals surface area contributed by atoms with Crippen LogP contribution in [0.2, 0.25) is 0 Å². The lowest BCUT2D eigenvalue weighted by molar-refractivity contribution is -0.110. The molecule has 0 aromatic rings. The van der Waals surface area contributed by atoms with Crippen molar-refractivity contribution in [2.45, 2.75) is 44.6 Å². The van der Waals surface area contributed by atoms with Gasteiger partial charge in [0, 0.05) is 18.3 Å². The van der Waals surface area contributed by atoms with E-state index in [1.807, 2.05) is 6.08 Å². The second-order valence-electron chi connectivity index (χ2n) is 6.01. The van der Waals surface area contributed by atoms with Gasteiger partial charge in [-0.05, 0) is 67.4 Å². The molecule has 2 fully saturated rings. The summed E-state index contributed by atoms with van der Waals surface area (Å²) in [6, 6.07) is 0.800. The first kappa shape index (κ1) is 10.6. The molecule has 94 valence electrons. The van der Waals surface area contributed by atoms with E-state index in [9.17, 15) is 4.79 Å². The van der Waals surface area contributed by atoms with Crippen molar-refractivity contribution in [2.75, 3.05) is 6.54 Å². The van der Waals surface area contributed by atoms with Crippen LogP contribution in [0.1, 0.15) is 38.5 Å². The van der Waals surface area contributed by atoms with Crippen LogP contribution < -0.4 is 0 Å². The summed E-state index contributed by atoms with van der Waals surface area (Å²) >= 11 is 0. The van der Waals surface area contributed by atoms with Crippen LogP contribution in [0.5, 0.6) is 0 Å². The first-order chi connectivity index (χ1) is 8.83. The van der Waals surface area contributed by atoms with Crippen LogP contribution in [0.15, 0.2) is 35.1 Å². The summed E-state index contributed by atoms with van der Waals surface area (Å²) in [5.74, 6) is 1.10. The number of carbonyl (C=O) groups excluding carboxylic acids is 1. The second kappa shape index (κ2) is 3.84. The third-order valence-electron chi connectivity index (χ3n) is 5.13. The number of ketones is 1. The fourth-order valence-electron chi connectivity index (χ4n) is 4.32. The number of rotatable bonds is 0. The highest BCUT2D eigenvalue weighted by atomic mass is 16.1. The van der Waals surface area contributed by atoms with Crippen LogP contribution >= 0.6 is 0 Å². The van der Waals surface area contributed by atoms with Gasteiger partial charge in [-0.3, -0.25) is 4.79 Å². The monoisotopic (exact) mass is 241 g/mol. The van der Waals surface area contributed by atoms with Crippen molar-refractivity contribution in [2.24, 2.45) is 5.92 Å². The van der Waals surface area contributed by atoms with Gasteiger partial charge in [0.05, 0.1) is 0 Å². The molecule has 4 rings (SSSR count). The molecule has 1 saturated heterocycles. The maximum Gasteiger partial charge on any atom is 0.178 e. The lowest BCUT2D eigenvalue weighted by Gasteiger charge is -2.45. The SMILES string of the molecule is O=C1C=CC2=C3CC[C@H]4CCC[C@H]4N3CCC2=C1. The van der Waals surface area contributed by atoms with E-state index < -0.39 is 0 Å². The summed E-state index contributed by atoms with van der Waals surface area (Å²) in [5, 5.41) is 0. The molecule has 0 radical (unpaired) electrons. The van der Waals surface area contributed by atoms with Crippen molar-refractivity contribution in [3.63, 3.8) is 0 Å². The fourth-order valence-corrected chi connectivity index (χ4v) is 4.32. The Kier molecular flexibility index (Phi) is 2.26. The molecule has 2 heteroatoms. The molecule has 0 bridgehead atoms. The highest BCUT2D eigenvalue weighted by molar-refractivity contribution is 6.02. The van der Waals surface area contributed by atoms with Crippen molar-refractivity contribution in [3.05, 3.63) is 35.1 Å². The third-order valence-corrected chi connectivity index (χ3v) is 5.13. The molecule has 2 nitrogen and oxygen atoms in total. The highest BCUT2D eigenvalue weighted by Gasteiger charge is 2.39. The molecule has 0 aromatic carbocycles. The van der Waals surface area contributed by atoms with Gasteiger partial charge in [0.2, 0.25) is 0 Å². The first-order valence-electron chi connectivity index (χ1n) is 7.26. The summed E-state index contributed by atoms with van der Waals surface area (Å²) in [4.78, 5) is 14.1. The summed E-state index contributed by atoms with van der Waals surface area (Å²) in [6.07, 6.45) is 13.5.